The van der Waals surface area contributed by atoms with Crippen molar-refractivity contribution in [3.05, 3.63) is 65.8 Å². The molecule has 0 radical (unpaired) electrons. The van der Waals surface area contributed by atoms with E-state index in [1.54, 1.807) is 5.57 Å². The Kier molecular flexibility index (Phi) is 3.78. The van der Waals surface area contributed by atoms with Gasteiger partial charge in [-0.05, 0) is 48.1 Å². The van der Waals surface area contributed by atoms with Crippen LogP contribution in [0.25, 0.3) is 16.8 Å². The van der Waals surface area contributed by atoms with E-state index in [4.69, 9.17) is 0 Å². The molecule has 0 N–H and O–H groups in total. The zero-order chi connectivity index (χ0) is 12.9. The average Bonchev–Trinajstić information content (AvgIpc) is 2.48. The van der Waals surface area contributed by atoms with Gasteiger partial charge in [0.2, 0.25) is 0 Å². The summed E-state index contributed by atoms with van der Waals surface area (Å²) in [6.07, 6.45) is 13.5. The summed E-state index contributed by atoms with van der Waals surface area (Å²) in [6.45, 7) is 0. The molecule has 3 rings (SSSR count). The van der Waals surface area contributed by atoms with Crippen LogP contribution in [0, 0.1) is 0 Å². The Balaban J connectivity index is 1.77. The number of fused-ring (bicyclic) bond motifs is 1. The highest BCUT2D eigenvalue weighted by atomic mass is 14.1. The van der Waals surface area contributed by atoms with Crippen LogP contribution in [0.15, 0.2) is 60.2 Å². The summed E-state index contributed by atoms with van der Waals surface area (Å²) in [7, 11) is 0. The molecule has 0 saturated heterocycles. The van der Waals surface area contributed by atoms with Crippen molar-refractivity contribution in [3.8, 4) is 0 Å². The fourth-order valence-corrected chi connectivity index (χ4v) is 2.78. The highest BCUT2D eigenvalue weighted by Gasteiger charge is 2.03. The lowest BCUT2D eigenvalue weighted by Gasteiger charge is -2.12. The highest BCUT2D eigenvalue weighted by molar-refractivity contribution is 5.84. The second kappa shape index (κ2) is 5.88. The molecule has 0 atom stereocenters. The van der Waals surface area contributed by atoms with E-state index in [-0.39, 0.29) is 0 Å². The quantitative estimate of drug-likeness (QED) is 0.635. The van der Waals surface area contributed by atoms with Gasteiger partial charge in [-0.2, -0.15) is 0 Å². The van der Waals surface area contributed by atoms with Gasteiger partial charge in [-0.25, -0.2) is 0 Å². The largest absolute Gasteiger partial charge is 0.0702 e. The first-order valence-electron chi connectivity index (χ1n) is 7.27. The van der Waals surface area contributed by atoms with Crippen LogP contribution in [0.5, 0.6) is 0 Å². The third-order valence-electron chi connectivity index (χ3n) is 3.89. The standard InChI is InChI=1S/C19H20/c1-2-7-16(8-3-1)9-6-10-17-13-14-18-11-4-5-12-19(18)15-17/h4-6,9-15H,1-3,7-8H2/b10-6-. The zero-order valence-corrected chi connectivity index (χ0v) is 11.3. The minimum absolute atomic E-state index is 1.28. The van der Waals surface area contributed by atoms with Crippen molar-refractivity contribution in [3.63, 3.8) is 0 Å². The van der Waals surface area contributed by atoms with Gasteiger partial charge in [-0.1, -0.05) is 66.6 Å². The van der Waals surface area contributed by atoms with E-state index < -0.39 is 0 Å². The molecule has 0 aromatic heterocycles. The molecule has 0 aliphatic heterocycles. The molecule has 19 heavy (non-hydrogen) atoms. The van der Waals surface area contributed by atoms with Gasteiger partial charge in [0.15, 0.2) is 0 Å². The summed E-state index contributed by atoms with van der Waals surface area (Å²) < 4.78 is 0. The van der Waals surface area contributed by atoms with Crippen molar-refractivity contribution >= 4 is 16.8 Å². The van der Waals surface area contributed by atoms with Gasteiger partial charge < -0.3 is 0 Å². The lowest BCUT2D eigenvalue weighted by Crippen LogP contribution is -1.92. The van der Waals surface area contributed by atoms with Gasteiger partial charge in [0, 0.05) is 0 Å². The van der Waals surface area contributed by atoms with Crippen LogP contribution < -0.4 is 0 Å². The predicted molar refractivity (Wildman–Crippen MR) is 84.2 cm³/mol. The van der Waals surface area contributed by atoms with Crippen LogP contribution in [0.4, 0.5) is 0 Å². The van der Waals surface area contributed by atoms with Gasteiger partial charge in [-0.15, -0.1) is 0 Å². The summed E-state index contributed by atoms with van der Waals surface area (Å²) in [4.78, 5) is 0. The number of hydrogen-bond donors (Lipinski definition) is 0. The predicted octanol–water partition coefficient (Wildman–Crippen LogP) is 5.74. The van der Waals surface area contributed by atoms with Crippen LogP contribution in [0.2, 0.25) is 0 Å². The van der Waals surface area contributed by atoms with E-state index in [0.717, 1.165) is 0 Å². The molecule has 1 fully saturated rings. The van der Waals surface area contributed by atoms with Gasteiger partial charge in [0.1, 0.15) is 0 Å². The van der Waals surface area contributed by atoms with Crippen molar-refractivity contribution in [1.29, 1.82) is 0 Å². The number of rotatable bonds is 2. The van der Waals surface area contributed by atoms with Crippen LogP contribution >= 0.6 is 0 Å². The van der Waals surface area contributed by atoms with Crippen LogP contribution in [0.3, 0.4) is 0 Å². The number of allylic oxidation sites excluding steroid dienone is 3. The second-order valence-corrected chi connectivity index (χ2v) is 5.35. The van der Waals surface area contributed by atoms with E-state index in [9.17, 15) is 0 Å². The second-order valence-electron chi connectivity index (χ2n) is 5.35. The highest BCUT2D eigenvalue weighted by Crippen LogP contribution is 2.23. The van der Waals surface area contributed by atoms with E-state index in [1.807, 2.05) is 0 Å². The number of hydrogen-bond acceptors (Lipinski definition) is 0. The summed E-state index contributed by atoms with van der Waals surface area (Å²) in [5, 5.41) is 2.63. The Morgan fingerprint density at radius 3 is 2.42 bits per heavy atom. The molecule has 2 aromatic carbocycles. The third kappa shape index (κ3) is 3.14. The topological polar surface area (TPSA) is 0 Å². The SMILES string of the molecule is C(/C=C\c1ccc2ccccc2c1)=C1CCCCC1. The number of benzene rings is 2. The Morgan fingerprint density at radius 1 is 0.789 bits per heavy atom. The van der Waals surface area contributed by atoms with Gasteiger partial charge in [0.25, 0.3) is 0 Å². The maximum absolute atomic E-state index is 2.31. The van der Waals surface area contributed by atoms with Crippen molar-refractivity contribution in [2.24, 2.45) is 0 Å². The molecule has 1 aliphatic carbocycles. The van der Waals surface area contributed by atoms with Crippen LogP contribution in [-0.4, -0.2) is 0 Å². The maximum Gasteiger partial charge on any atom is -0.0178 e. The van der Waals surface area contributed by atoms with E-state index >= 15 is 0 Å². The Bertz CT molecular complexity index is 609. The van der Waals surface area contributed by atoms with Crippen LogP contribution in [0.1, 0.15) is 37.7 Å². The van der Waals surface area contributed by atoms with Gasteiger partial charge in [-0.3, -0.25) is 0 Å². The van der Waals surface area contributed by atoms with Crippen molar-refractivity contribution in [1.82, 2.24) is 0 Å². The Hall–Kier alpha value is -1.82. The fourth-order valence-electron chi connectivity index (χ4n) is 2.78. The summed E-state index contributed by atoms with van der Waals surface area (Å²) >= 11 is 0. The molecule has 0 unspecified atom stereocenters. The molecule has 0 spiro atoms. The van der Waals surface area contributed by atoms with E-state index in [0.29, 0.717) is 0 Å². The maximum atomic E-state index is 2.31. The molecule has 0 bridgehead atoms. The zero-order valence-electron chi connectivity index (χ0n) is 11.3. The third-order valence-corrected chi connectivity index (χ3v) is 3.89. The van der Waals surface area contributed by atoms with Crippen molar-refractivity contribution in [2.75, 3.05) is 0 Å². The normalized spacial score (nSPS) is 16.1. The lowest BCUT2D eigenvalue weighted by atomic mass is 9.94. The Morgan fingerprint density at radius 2 is 1.58 bits per heavy atom. The first-order valence-corrected chi connectivity index (χ1v) is 7.27. The van der Waals surface area contributed by atoms with Crippen molar-refractivity contribution in [2.45, 2.75) is 32.1 Å². The molecule has 1 aliphatic rings. The molecular formula is C19H20. The summed E-state index contributed by atoms with van der Waals surface area (Å²) in [6, 6.07) is 15.2. The van der Waals surface area contributed by atoms with Crippen molar-refractivity contribution < 1.29 is 0 Å². The monoisotopic (exact) mass is 248 g/mol. The molecule has 2 aromatic rings. The fraction of sp³-hybridized carbons (Fsp3) is 0.263. The van der Waals surface area contributed by atoms with Gasteiger partial charge >= 0.3 is 0 Å². The molecule has 0 heteroatoms. The molecule has 96 valence electrons. The molecular weight excluding hydrogens is 228 g/mol. The Labute approximate surface area is 115 Å². The molecule has 1 saturated carbocycles. The van der Waals surface area contributed by atoms with E-state index in [2.05, 4.69) is 60.7 Å². The average molecular weight is 248 g/mol. The lowest BCUT2D eigenvalue weighted by molar-refractivity contribution is 0.599. The first-order chi connectivity index (χ1) is 9.42. The van der Waals surface area contributed by atoms with E-state index in [1.165, 1.54) is 48.4 Å². The minimum Gasteiger partial charge on any atom is -0.0702 e. The summed E-state index contributed by atoms with van der Waals surface area (Å²) in [5.41, 5.74) is 2.90. The first kappa shape index (κ1) is 12.2. The van der Waals surface area contributed by atoms with Crippen LogP contribution in [-0.2, 0) is 0 Å². The smallest absolute Gasteiger partial charge is 0.0178 e. The molecule has 0 heterocycles. The minimum atomic E-state index is 1.28. The molecule has 0 amide bonds. The summed E-state index contributed by atoms with van der Waals surface area (Å²) in [5.74, 6) is 0. The molecule has 0 nitrogen and oxygen atoms in total. The van der Waals surface area contributed by atoms with Gasteiger partial charge in [0.05, 0.1) is 0 Å².